The van der Waals surface area contributed by atoms with Gasteiger partial charge in [-0.3, -0.25) is 4.98 Å². The van der Waals surface area contributed by atoms with Gasteiger partial charge in [-0.15, -0.1) is 0 Å². The van der Waals surface area contributed by atoms with Crippen LogP contribution in [0.5, 0.6) is 0 Å². The summed E-state index contributed by atoms with van der Waals surface area (Å²) < 4.78 is 0. The molecule has 0 aliphatic carbocycles. The Balaban J connectivity index is 1.94. The molecular formula is C19H16N2S. The quantitative estimate of drug-likeness (QED) is 0.633. The van der Waals surface area contributed by atoms with Gasteiger partial charge in [-0.25, -0.2) is 0 Å². The summed E-state index contributed by atoms with van der Waals surface area (Å²) in [6.07, 6.45) is 1.86. The van der Waals surface area contributed by atoms with Crippen molar-refractivity contribution in [2.75, 3.05) is 11.4 Å². The first-order chi connectivity index (χ1) is 10.9. The maximum Gasteiger partial charge on any atom is 0.0723 e. The molecule has 1 aromatic heterocycles. The molecule has 0 saturated carbocycles. The number of para-hydroxylation sites is 2. The van der Waals surface area contributed by atoms with Crippen LogP contribution in [0.25, 0.3) is 11.3 Å². The lowest BCUT2D eigenvalue weighted by molar-refractivity contribution is 0.979. The fourth-order valence-electron chi connectivity index (χ4n) is 2.95. The minimum Gasteiger partial charge on any atom is -0.339 e. The molecule has 0 atom stereocenters. The monoisotopic (exact) mass is 304 g/mol. The highest BCUT2D eigenvalue weighted by molar-refractivity contribution is 7.99. The van der Waals surface area contributed by atoms with Crippen LogP contribution in [-0.4, -0.2) is 11.5 Å². The zero-order valence-electron chi connectivity index (χ0n) is 12.4. The lowest BCUT2D eigenvalue weighted by atomic mass is 10.1. The minimum atomic E-state index is 0.939. The number of hydrogen-bond donors (Lipinski definition) is 0. The summed E-state index contributed by atoms with van der Waals surface area (Å²) in [5, 5.41) is 0. The molecule has 0 spiro atoms. The fraction of sp³-hybridized carbons (Fsp3) is 0.105. The molecule has 0 saturated heterocycles. The van der Waals surface area contributed by atoms with Gasteiger partial charge < -0.3 is 4.90 Å². The molecule has 3 aromatic rings. The van der Waals surface area contributed by atoms with Gasteiger partial charge in [0.1, 0.15) is 0 Å². The molecule has 2 aromatic carbocycles. The van der Waals surface area contributed by atoms with E-state index in [4.69, 9.17) is 0 Å². The van der Waals surface area contributed by atoms with E-state index in [0.29, 0.717) is 0 Å². The molecule has 0 amide bonds. The smallest absolute Gasteiger partial charge is 0.0723 e. The van der Waals surface area contributed by atoms with Crippen molar-refractivity contribution >= 4 is 23.1 Å². The first-order valence-electron chi connectivity index (χ1n) is 7.47. The SMILES string of the molecule is CCN1c2ccccc2Sc2cccc(-c3ccccn3)c21. The number of benzene rings is 2. The summed E-state index contributed by atoms with van der Waals surface area (Å²) >= 11 is 1.84. The Morgan fingerprint density at radius 2 is 1.73 bits per heavy atom. The summed E-state index contributed by atoms with van der Waals surface area (Å²) in [7, 11) is 0. The Hall–Kier alpha value is -2.26. The Morgan fingerprint density at radius 3 is 2.55 bits per heavy atom. The molecule has 1 aliphatic heterocycles. The van der Waals surface area contributed by atoms with Gasteiger partial charge >= 0.3 is 0 Å². The Bertz CT molecular complexity index is 815. The van der Waals surface area contributed by atoms with Gasteiger partial charge in [0.25, 0.3) is 0 Å². The number of anilines is 2. The van der Waals surface area contributed by atoms with Crippen molar-refractivity contribution in [2.45, 2.75) is 16.7 Å². The fourth-order valence-corrected chi connectivity index (χ4v) is 4.08. The molecule has 4 rings (SSSR count). The molecule has 0 radical (unpaired) electrons. The van der Waals surface area contributed by atoms with Crippen LogP contribution >= 0.6 is 11.8 Å². The van der Waals surface area contributed by atoms with Crippen molar-refractivity contribution in [1.82, 2.24) is 4.98 Å². The van der Waals surface area contributed by atoms with Crippen LogP contribution < -0.4 is 4.90 Å². The van der Waals surface area contributed by atoms with Crippen LogP contribution in [0.1, 0.15) is 6.92 Å². The van der Waals surface area contributed by atoms with Gasteiger partial charge in [-0.2, -0.15) is 0 Å². The topological polar surface area (TPSA) is 16.1 Å². The average Bonchev–Trinajstić information content (AvgIpc) is 2.60. The van der Waals surface area contributed by atoms with Crippen LogP contribution in [0.4, 0.5) is 11.4 Å². The number of rotatable bonds is 2. The van der Waals surface area contributed by atoms with Gasteiger partial charge in [0, 0.05) is 28.1 Å². The molecule has 0 unspecified atom stereocenters. The van der Waals surface area contributed by atoms with Crippen molar-refractivity contribution in [1.29, 1.82) is 0 Å². The largest absolute Gasteiger partial charge is 0.339 e. The van der Waals surface area contributed by atoms with E-state index < -0.39 is 0 Å². The van der Waals surface area contributed by atoms with Crippen molar-refractivity contribution < 1.29 is 0 Å². The highest BCUT2D eigenvalue weighted by Crippen LogP contribution is 2.51. The second kappa shape index (κ2) is 5.50. The Morgan fingerprint density at radius 1 is 0.909 bits per heavy atom. The molecule has 2 nitrogen and oxygen atoms in total. The van der Waals surface area contributed by atoms with Crippen LogP contribution in [0.2, 0.25) is 0 Å². The predicted octanol–water partition coefficient (Wildman–Crippen LogP) is 5.37. The zero-order valence-corrected chi connectivity index (χ0v) is 13.2. The first-order valence-corrected chi connectivity index (χ1v) is 8.29. The number of fused-ring (bicyclic) bond motifs is 2. The van der Waals surface area contributed by atoms with Gasteiger partial charge in [0.05, 0.1) is 17.1 Å². The second-order valence-electron chi connectivity index (χ2n) is 5.18. The van der Waals surface area contributed by atoms with E-state index in [1.165, 1.54) is 26.7 Å². The molecule has 108 valence electrons. The molecule has 0 bridgehead atoms. The van der Waals surface area contributed by atoms with Gasteiger partial charge in [-0.1, -0.05) is 42.1 Å². The van der Waals surface area contributed by atoms with Gasteiger partial charge in [-0.05, 0) is 37.3 Å². The summed E-state index contributed by atoms with van der Waals surface area (Å²) in [5.74, 6) is 0. The van der Waals surface area contributed by atoms with Crippen LogP contribution in [-0.2, 0) is 0 Å². The number of pyridine rings is 1. The van der Waals surface area contributed by atoms with Crippen molar-refractivity contribution in [3.05, 3.63) is 66.9 Å². The third-order valence-corrected chi connectivity index (χ3v) is 5.02. The molecule has 22 heavy (non-hydrogen) atoms. The molecule has 3 heteroatoms. The maximum absolute atomic E-state index is 4.55. The molecule has 2 heterocycles. The van der Waals surface area contributed by atoms with Crippen molar-refractivity contribution in [2.24, 2.45) is 0 Å². The van der Waals surface area contributed by atoms with E-state index >= 15 is 0 Å². The maximum atomic E-state index is 4.55. The van der Waals surface area contributed by atoms with E-state index in [1.54, 1.807) is 0 Å². The third kappa shape index (κ3) is 2.09. The van der Waals surface area contributed by atoms with Crippen LogP contribution in [0.15, 0.2) is 76.7 Å². The first kappa shape index (κ1) is 13.4. The van der Waals surface area contributed by atoms with E-state index in [2.05, 4.69) is 65.3 Å². The van der Waals surface area contributed by atoms with E-state index in [-0.39, 0.29) is 0 Å². The summed E-state index contributed by atoms with van der Waals surface area (Å²) in [5.41, 5.74) is 4.78. The number of aromatic nitrogens is 1. The third-order valence-electron chi connectivity index (χ3n) is 3.90. The van der Waals surface area contributed by atoms with Crippen molar-refractivity contribution in [3.8, 4) is 11.3 Å². The second-order valence-corrected chi connectivity index (χ2v) is 6.27. The zero-order chi connectivity index (χ0) is 14.9. The summed E-state index contributed by atoms with van der Waals surface area (Å²) in [6, 6.07) is 21.2. The minimum absolute atomic E-state index is 0.939. The average molecular weight is 304 g/mol. The van der Waals surface area contributed by atoms with Gasteiger partial charge in [0.15, 0.2) is 0 Å². The van der Waals surface area contributed by atoms with E-state index in [1.807, 2.05) is 30.1 Å². The number of hydrogen-bond acceptors (Lipinski definition) is 3. The van der Waals surface area contributed by atoms with Crippen LogP contribution in [0.3, 0.4) is 0 Å². The molecule has 1 aliphatic rings. The molecular weight excluding hydrogens is 288 g/mol. The predicted molar refractivity (Wildman–Crippen MR) is 92.9 cm³/mol. The van der Waals surface area contributed by atoms with Crippen LogP contribution in [0, 0.1) is 0 Å². The molecule has 0 N–H and O–H groups in total. The summed E-state index contributed by atoms with van der Waals surface area (Å²) in [4.78, 5) is 9.55. The Kier molecular flexibility index (Phi) is 3.35. The number of nitrogens with zero attached hydrogens (tertiary/aromatic N) is 2. The normalized spacial score (nSPS) is 12.7. The van der Waals surface area contributed by atoms with Crippen molar-refractivity contribution in [3.63, 3.8) is 0 Å². The standard InChI is InChI=1S/C19H16N2S/c1-2-21-16-10-3-4-11-17(16)22-18-12-7-8-14(19(18)21)15-9-5-6-13-20-15/h3-13H,2H2,1H3. The lowest BCUT2D eigenvalue weighted by Crippen LogP contribution is -2.20. The van der Waals surface area contributed by atoms with E-state index in [9.17, 15) is 0 Å². The lowest BCUT2D eigenvalue weighted by Gasteiger charge is -2.33. The highest BCUT2D eigenvalue weighted by Gasteiger charge is 2.25. The van der Waals surface area contributed by atoms with E-state index in [0.717, 1.165) is 12.2 Å². The van der Waals surface area contributed by atoms with Gasteiger partial charge in [0.2, 0.25) is 0 Å². The molecule has 0 fully saturated rings. The highest BCUT2D eigenvalue weighted by atomic mass is 32.2. The Labute approximate surface area is 134 Å². The summed E-state index contributed by atoms with van der Waals surface area (Å²) in [6.45, 7) is 3.14.